The van der Waals surface area contributed by atoms with Gasteiger partial charge in [0, 0.05) is 11.8 Å². The number of hydrogen-bond acceptors (Lipinski definition) is 5. The molecular weight excluding hydrogens is 268 g/mol. The molecule has 1 aromatic carbocycles. The number of nitro groups is 1. The number of hydrogen-bond donors (Lipinski definition) is 2. The minimum Gasteiger partial charge on any atom is -0.378 e. The van der Waals surface area contributed by atoms with Gasteiger partial charge < -0.3 is 11.1 Å². The van der Waals surface area contributed by atoms with Crippen LogP contribution in [0.2, 0.25) is 0 Å². The van der Waals surface area contributed by atoms with Crippen molar-refractivity contribution in [3.05, 3.63) is 52.1 Å². The Balaban J connectivity index is 2.19. The van der Waals surface area contributed by atoms with E-state index in [0.29, 0.717) is 5.82 Å². The van der Waals surface area contributed by atoms with Gasteiger partial charge in [-0.1, -0.05) is 32.9 Å². The van der Waals surface area contributed by atoms with Gasteiger partial charge in [-0.25, -0.2) is 4.98 Å². The van der Waals surface area contributed by atoms with Crippen LogP contribution in [0.4, 0.5) is 23.0 Å². The normalized spacial score (nSPS) is 11.2. The van der Waals surface area contributed by atoms with Gasteiger partial charge in [-0.2, -0.15) is 0 Å². The van der Waals surface area contributed by atoms with Gasteiger partial charge >= 0.3 is 5.69 Å². The summed E-state index contributed by atoms with van der Waals surface area (Å²) in [6, 6.07) is 10.8. The summed E-state index contributed by atoms with van der Waals surface area (Å²) in [7, 11) is 0. The highest BCUT2D eigenvalue weighted by Crippen LogP contribution is 2.26. The number of pyridine rings is 1. The number of nitrogens with two attached hydrogens (primary N) is 1. The fourth-order valence-corrected chi connectivity index (χ4v) is 1.89. The molecule has 0 unspecified atom stereocenters. The third kappa shape index (κ3) is 3.47. The van der Waals surface area contributed by atoms with Crippen molar-refractivity contribution < 1.29 is 4.92 Å². The summed E-state index contributed by atoms with van der Waals surface area (Å²) in [6.07, 6.45) is 0. The third-order valence-electron chi connectivity index (χ3n) is 3.12. The molecule has 6 nitrogen and oxygen atoms in total. The van der Waals surface area contributed by atoms with E-state index in [1.807, 2.05) is 24.3 Å². The highest BCUT2D eigenvalue weighted by Gasteiger charge is 2.14. The zero-order chi connectivity index (χ0) is 15.6. The van der Waals surface area contributed by atoms with Crippen LogP contribution < -0.4 is 11.1 Å². The molecule has 0 saturated carbocycles. The summed E-state index contributed by atoms with van der Waals surface area (Å²) in [5.74, 6) is 0.373. The van der Waals surface area contributed by atoms with E-state index < -0.39 is 4.92 Å². The molecule has 0 saturated heterocycles. The second-order valence-electron chi connectivity index (χ2n) is 5.81. The fraction of sp³-hybridized carbons (Fsp3) is 0.267. The second kappa shape index (κ2) is 5.40. The van der Waals surface area contributed by atoms with Gasteiger partial charge in [0.2, 0.25) is 5.82 Å². The van der Waals surface area contributed by atoms with Gasteiger partial charge in [0.1, 0.15) is 5.82 Å². The van der Waals surface area contributed by atoms with Gasteiger partial charge in [-0.3, -0.25) is 10.1 Å². The molecule has 0 aliphatic rings. The first-order chi connectivity index (χ1) is 9.77. The van der Waals surface area contributed by atoms with Crippen molar-refractivity contribution in [3.63, 3.8) is 0 Å². The standard InChI is InChI=1S/C15H18N4O2/c1-15(2,3)10-4-6-11(7-5-10)17-13-9-8-12(19(20)21)14(16)18-13/h4-9H,1-3H3,(H3,16,17,18). The maximum absolute atomic E-state index is 10.7. The number of nitrogens with zero attached hydrogens (tertiary/aromatic N) is 2. The molecule has 2 aromatic rings. The smallest absolute Gasteiger partial charge is 0.311 e. The molecule has 6 heteroatoms. The van der Waals surface area contributed by atoms with Gasteiger partial charge in [0.05, 0.1) is 4.92 Å². The van der Waals surface area contributed by atoms with E-state index in [2.05, 4.69) is 31.1 Å². The Morgan fingerprint density at radius 3 is 2.24 bits per heavy atom. The lowest BCUT2D eigenvalue weighted by atomic mass is 9.87. The number of benzene rings is 1. The van der Waals surface area contributed by atoms with Crippen LogP contribution >= 0.6 is 0 Å². The Bertz CT molecular complexity index is 660. The molecule has 0 bridgehead atoms. The molecule has 0 atom stereocenters. The number of nitrogens with one attached hydrogen (secondary N) is 1. The Morgan fingerprint density at radius 2 is 1.76 bits per heavy atom. The number of aromatic nitrogens is 1. The Kier molecular flexibility index (Phi) is 3.80. The quantitative estimate of drug-likeness (QED) is 0.664. The maximum atomic E-state index is 10.7. The molecule has 0 spiro atoms. The molecular formula is C15H18N4O2. The number of rotatable bonds is 3. The summed E-state index contributed by atoms with van der Waals surface area (Å²) in [5.41, 5.74) is 7.54. The number of anilines is 3. The maximum Gasteiger partial charge on any atom is 0.311 e. The van der Waals surface area contributed by atoms with Crippen LogP contribution in [-0.2, 0) is 5.41 Å². The topological polar surface area (TPSA) is 94.1 Å². The van der Waals surface area contributed by atoms with Crippen LogP contribution in [0.1, 0.15) is 26.3 Å². The molecule has 0 aliphatic heterocycles. The van der Waals surface area contributed by atoms with Crippen LogP contribution in [0.5, 0.6) is 0 Å². The van der Waals surface area contributed by atoms with E-state index in [4.69, 9.17) is 5.73 Å². The van der Waals surface area contributed by atoms with Crippen LogP contribution in [0.25, 0.3) is 0 Å². The molecule has 2 rings (SSSR count). The molecule has 3 N–H and O–H groups in total. The monoisotopic (exact) mass is 286 g/mol. The van der Waals surface area contributed by atoms with E-state index in [1.54, 1.807) is 0 Å². The SMILES string of the molecule is CC(C)(C)c1ccc(Nc2ccc([N+](=O)[O-])c(N)n2)cc1. The molecule has 21 heavy (non-hydrogen) atoms. The highest BCUT2D eigenvalue weighted by atomic mass is 16.6. The molecule has 0 amide bonds. The van der Waals surface area contributed by atoms with Gasteiger partial charge in [-0.15, -0.1) is 0 Å². The van der Waals surface area contributed by atoms with E-state index >= 15 is 0 Å². The summed E-state index contributed by atoms with van der Waals surface area (Å²) in [6.45, 7) is 6.44. The van der Waals surface area contributed by atoms with Crippen molar-refractivity contribution in [1.29, 1.82) is 0 Å². The van der Waals surface area contributed by atoms with Crippen molar-refractivity contribution in [1.82, 2.24) is 4.98 Å². The van der Waals surface area contributed by atoms with Gasteiger partial charge in [-0.05, 0) is 29.2 Å². The van der Waals surface area contributed by atoms with Crippen molar-refractivity contribution in [3.8, 4) is 0 Å². The minimum atomic E-state index is -0.551. The van der Waals surface area contributed by atoms with Crippen LogP contribution in [0, 0.1) is 10.1 Å². The predicted molar refractivity (Wildman–Crippen MR) is 83.7 cm³/mol. The number of nitrogen functional groups attached to an aromatic ring is 1. The molecule has 0 aliphatic carbocycles. The Morgan fingerprint density at radius 1 is 1.14 bits per heavy atom. The molecule has 1 aromatic heterocycles. The van der Waals surface area contributed by atoms with Crippen LogP contribution in [-0.4, -0.2) is 9.91 Å². The average molecular weight is 286 g/mol. The molecule has 0 fully saturated rings. The Hall–Kier alpha value is -2.63. The zero-order valence-corrected chi connectivity index (χ0v) is 12.3. The molecule has 0 radical (unpaired) electrons. The van der Waals surface area contributed by atoms with Gasteiger partial charge in [0.25, 0.3) is 0 Å². The fourth-order valence-electron chi connectivity index (χ4n) is 1.89. The summed E-state index contributed by atoms with van der Waals surface area (Å²) < 4.78 is 0. The lowest BCUT2D eigenvalue weighted by molar-refractivity contribution is -0.384. The largest absolute Gasteiger partial charge is 0.378 e. The zero-order valence-electron chi connectivity index (χ0n) is 12.3. The van der Waals surface area contributed by atoms with Crippen LogP contribution in [0.3, 0.4) is 0 Å². The van der Waals surface area contributed by atoms with E-state index in [1.165, 1.54) is 17.7 Å². The average Bonchev–Trinajstić information content (AvgIpc) is 2.38. The third-order valence-corrected chi connectivity index (χ3v) is 3.12. The van der Waals surface area contributed by atoms with E-state index in [9.17, 15) is 10.1 Å². The van der Waals surface area contributed by atoms with E-state index in [-0.39, 0.29) is 16.9 Å². The van der Waals surface area contributed by atoms with Crippen molar-refractivity contribution in [2.45, 2.75) is 26.2 Å². The minimum absolute atomic E-state index is 0.0918. The van der Waals surface area contributed by atoms with E-state index in [0.717, 1.165) is 5.69 Å². The first-order valence-electron chi connectivity index (χ1n) is 6.56. The lowest BCUT2D eigenvalue weighted by Crippen LogP contribution is -2.10. The summed E-state index contributed by atoms with van der Waals surface area (Å²) >= 11 is 0. The second-order valence-corrected chi connectivity index (χ2v) is 5.81. The van der Waals surface area contributed by atoms with Crippen molar-refractivity contribution in [2.24, 2.45) is 0 Å². The Labute approximate surface area is 123 Å². The van der Waals surface area contributed by atoms with Gasteiger partial charge in [0.15, 0.2) is 0 Å². The highest BCUT2D eigenvalue weighted by molar-refractivity contribution is 5.62. The summed E-state index contributed by atoms with van der Waals surface area (Å²) in [5, 5.41) is 13.8. The predicted octanol–water partition coefficient (Wildman–Crippen LogP) is 3.61. The van der Waals surface area contributed by atoms with Crippen molar-refractivity contribution in [2.75, 3.05) is 11.1 Å². The summed E-state index contributed by atoms with van der Waals surface area (Å²) in [4.78, 5) is 14.1. The molecule has 1 heterocycles. The van der Waals surface area contributed by atoms with Crippen LogP contribution in [0.15, 0.2) is 36.4 Å². The first-order valence-corrected chi connectivity index (χ1v) is 6.56. The lowest BCUT2D eigenvalue weighted by Gasteiger charge is -2.19. The molecule has 110 valence electrons. The first kappa shape index (κ1) is 14.8. The van der Waals surface area contributed by atoms with Crippen molar-refractivity contribution >= 4 is 23.0 Å².